The van der Waals surface area contributed by atoms with Crippen molar-refractivity contribution >= 4 is 17.2 Å². The van der Waals surface area contributed by atoms with E-state index < -0.39 is 0 Å². The van der Waals surface area contributed by atoms with Gasteiger partial charge in [-0.1, -0.05) is 26.0 Å². The Morgan fingerprint density at radius 3 is 2.33 bits per heavy atom. The van der Waals surface area contributed by atoms with Crippen molar-refractivity contribution in [3.63, 3.8) is 0 Å². The Morgan fingerprint density at radius 1 is 1.20 bits per heavy atom. The highest BCUT2D eigenvalue weighted by atomic mass is 16.1. The number of para-hydroxylation sites is 1. The average Bonchev–Trinajstić information content (AvgIpc) is 2.18. The Kier molecular flexibility index (Phi) is 3.78. The first-order valence-corrected chi connectivity index (χ1v) is 5.17. The number of hydrogen-bond donors (Lipinski definition) is 0. The second-order valence-electron chi connectivity index (χ2n) is 3.98. The first kappa shape index (κ1) is 11.6. The molecule has 0 aliphatic rings. The monoisotopic (exact) mass is 203 g/mol. The highest BCUT2D eigenvalue weighted by Gasteiger charge is 2.06. The van der Waals surface area contributed by atoms with Gasteiger partial charge in [-0.3, -0.25) is 9.79 Å². The highest BCUT2D eigenvalue weighted by molar-refractivity contribution is 6.00. The number of carbonyl (C=O) groups excluding carboxylic acids is 1. The molecule has 0 fully saturated rings. The molecule has 0 unspecified atom stereocenters. The number of hydrogen-bond acceptors (Lipinski definition) is 2. The maximum atomic E-state index is 11.3. The van der Waals surface area contributed by atoms with Crippen LogP contribution < -0.4 is 0 Å². The van der Waals surface area contributed by atoms with Crippen LogP contribution in [0.25, 0.3) is 0 Å². The van der Waals surface area contributed by atoms with E-state index >= 15 is 0 Å². The van der Waals surface area contributed by atoms with Crippen molar-refractivity contribution in [1.82, 2.24) is 0 Å². The fourth-order valence-corrected chi connectivity index (χ4v) is 1.19. The van der Waals surface area contributed by atoms with Gasteiger partial charge in [-0.15, -0.1) is 0 Å². The third-order valence-electron chi connectivity index (χ3n) is 2.42. The van der Waals surface area contributed by atoms with Crippen molar-refractivity contribution in [1.29, 1.82) is 0 Å². The Balaban J connectivity index is 3.15. The molecule has 2 nitrogen and oxygen atoms in total. The molecule has 0 radical (unpaired) electrons. The summed E-state index contributed by atoms with van der Waals surface area (Å²) < 4.78 is 0. The average molecular weight is 203 g/mol. The van der Waals surface area contributed by atoms with Crippen molar-refractivity contribution in [2.75, 3.05) is 0 Å². The molecule has 0 N–H and O–H groups in total. The maximum Gasteiger partial charge on any atom is 0.161 e. The van der Waals surface area contributed by atoms with Gasteiger partial charge in [0.15, 0.2) is 5.78 Å². The number of benzene rings is 1. The summed E-state index contributed by atoms with van der Waals surface area (Å²) >= 11 is 0. The molecule has 0 saturated heterocycles. The molecular weight excluding hydrogens is 186 g/mol. The lowest BCUT2D eigenvalue weighted by Gasteiger charge is -2.06. The van der Waals surface area contributed by atoms with Gasteiger partial charge in [0, 0.05) is 11.3 Å². The van der Waals surface area contributed by atoms with Gasteiger partial charge in [-0.25, -0.2) is 0 Å². The zero-order valence-electron chi connectivity index (χ0n) is 9.74. The largest absolute Gasteiger partial charge is 0.294 e. The lowest BCUT2D eigenvalue weighted by atomic mass is 10.1. The molecule has 0 spiro atoms. The summed E-state index contributed by atoms with van der Waals surface area (Å²) in [7, 11) is 0. The van der Waals surface area contributed by atoms with Crippen LogP contribution in [0.5, 0.6) is 0 Å². The Morgan fingerprint density at radius 2 is 1.80 bits per heavy atom. The lowest BCUT2D eigenvalue weighted by molar-refractivity contribution is 0.101. The van der Waals surface area contributed by atoms with Gasteiger partial charge in [0.25, 0.3) is 0 Å². The fourth-order valence-electron chi connectivity index (χ4n) is 1.19. The van der Waals surface area contributed by atoms with E-state index in [1.54, 1.807) is 6.92 Å². The SMILES string of the molecule is CC(=O)c1ccccc1N=C(C)C(C)C. The van der Waals surface area contributed by atoms with Crippen LogP contribution in [0.1, 0.15) is 38.1 Å². The fraction of sp³-hybridized carbons (Fsp3) is 0.385. The van der Waals surface area contributed by atoms with E-state index in [9.17, 15) is 4.79 Å². The molecule has 15 heavy (non-hydrogen) atoms. The minimum absolute atomic E-state index is 0.0610. The quantitative estimate of drug-likeness (QED) is 0.544. The molecule has 0 bridgehead atoms. The number of nitrogens with zero attached hydrogens (tertiary/aromatic N) is 1. The Hall–Kier alpha value is -1.44. The molecule has 1 aromatic carbocycles. The summed E-state index contributed by atoms with van der Waals surface area (Å²) in [4.78, 5) is 15.8. The number of Topliss-reactive ketones (excluding diaryl/α,β-unsaturated/α-hetero) is 1. The second kappa shape index (κ2) is 4.87. The first-order valence-electron chi connectivity index (χ1n) is 5.17. The van der Waals surface area contributed by atoms with E-state index in [0.29, 0.717) is 11.5 Å². The minimum atomic E-state index is 0.0610. The normalized spacial score (nSPS) is 11.9. The summed E-state index contributed by atoms with van der Waals surface area (Å²) in [5.74, 6) is 0.468. The maximum absolute atomic E-state index is 11.3. The van der Waals surface area contributed by atoms with E-state index in [4.69, 9.17) is 0 Å². The van der Waals surface area contributed by atoms with Gasteiger partial charge in [0.05, 0.1) is 5.69 Å². The summed E-state index contributed by atoms with van der Waals surface area (Å²) in [6.07, 6.45) is 0. The summed E-state index contributed by atoms with van der Waals surface area (Å²) in [6, 6.07) is 7.46. The van der Waals surface area contributed by atoms with Gasteiger partial charge in [-0.2, -0.15) is 0 Å². The molecule has 80 valence electrons. The molecule has 0 amide bonds. The predicted octanol–water partition coefficient (Wildman–Crippen LogP) is 3.64. The van der Waals surface area contributed by atoms with Crippen LogP contribution in [0.2, 0.25) is 0 Å². The van der Waals surface area contributed by atoms with Crippen LogP contribution in [-0.4, -0.2) is 11.5 Å². The number of aliphatic imine (C=N–C) groups is 1. The third kappa shape index (κ3) is 3.01. The van der Waals surface area contributed by atoms with Crippen LogP contribution in [-0.2, 0) is 0 Å². The van der Waals surface area contributed by atoms with Gasteiger partial charge >= 0.3 is 0 Å². The van der Waals surface area contributed by atoms with Crippen LogP contribution >= 0.6 is 0 Å². The summed E-state index contributed by atoms with van der Waals surface area (Å²) in [5, 5.41) is 0. The van der Waals surface area contributed by atoms with E-state index in [1.807, 2.05) is 31.2 Å². The predicted molar refractivity (Wildman–Crippen MR) is 64.1 cm³/mol. The second-order valence-corrected chi connectivity index (χ2v) is 3.98. The zero-order valence-corrected chi connectivity index (χ0v) is 9.74. The molecule has 1 aromatic rings. The van der Waals surface area contributed by atoms with Crippen LogP contribution in [0.3, 0.4) is 0 Å². The van der Waals surface area contributed by atoms with Crippen molar-refractivity contribution < 1.29 is 4.79 Å². The van der Waals surface area contributed by atoms with E-state index in [0.717, 1.165) is 11.4 Å². The molecule has 0 aromatic heterocycles. The molecule has 0 atom stereocenters. The van der Waals surface area contributed by atoms with Crippen LogP contribution in [0, 0.1) is 5.92 Å². The Labute approximate surface area is 91.0 Å². The van der Waals surface area contributed by atoms with Crippen LogP contribution in [0.4, 0.5) is 5.69 Å². The molecule has 0 aliphatic carbocycles. The smallest absolute Gasteiger partial charge is 0.161 e. The van der Waals surface area contributed by atoms with Gasteiger partial charge in [0.1, 0.15) is 0 Å². The third-order valence-corrected chi connectivity index (χ3v) is 2.42. The van der Waals surface area contributed by atoms with Crippen molar-refractivity contribution in [3.05, 3.63) is 29.8 Å². The highest BCUT2D eigenvalue weighted by Crippen LogP contribution is 2.20. The van der Waals surface area contributed by atoms with Gasteiger partial charge in [-0.05, 0) is 31.9 Å². The summed E-state index contributed by atoms with van der Waals surface area (Å²) in [6.45, 7) is 7.74. The molecule has 1 rings (SSSR count). The standard InChI is InChI=1S/C13H17NO/c1-9(2)10(3)14-13-8-6-5-7-12(13)11(4)15/h5-9H,1-4H3. The number of carbonyl (C=O) groups is 1. The van der Waals surface area contributed by atoms with Gasteiger partial charge < -0.3 is 0 Å². The summed E-state index contributed by atoms with van der Waals surface area (Å²) in [5.41, 5.74) is 2.51. The van der Waals surface area contributed by atoms with Crippen molar-refractivity contribution in [2.45, 2.75) is 27.7 Å². The molecule has 2 heteroatoms. The van der Waals surface area contributed by atoms with E-state index in [1.165, 1.54) is 0 Å². The minimum Gasteiger partial charge on any atom is -0.294 e. The van der Waals surface area contributed by atoms with Crippen molar-refractivity contribution in [3.8, 4) is 0 Å². The number of ketones is 1. The van der Waals surface area contributed by atoms with Gasteiger partial charge in [0.2, 0.25) is 0 Å². The molecular formula is C13H17NO. The first-order chi connectivity index (χ1) is 7.02. The molecule has 0 saturated carbocycles. The molecule has 0 aliphatic heterocycles. The number of rotatable bonds is 3. The Bertz CT molecular complexity index is 391. The van der Waals surface area contributed by atoms with Crippen molar-refractivity contribution in [2.24, 2.45) is 10.9 Å². The topological polar surface area (TPSA) is 29.4 Å². The molecule has 0 heterocycles. The van der Waals surface area contributed by atoms with E-state index in [-0.39, 0.29) is 5.78 Å². The van der Waals surface area contributed by atoms with Crippen LogP contribution in [0.15, 0.2) is 29.3 Å². The zero-order chi connectivity index (χ0) is 11.4. The van der Waals surface area contributed by atoms with E-state index in [2.05, 4.69) is 18.8 Å². The lowest BCUT2D eigenvalue weighted by Crippen LogP contribution is -2.02.